The van der Waals surface area contributed by atoms with Crippen molar-refractivity contribution in [3.63, 3.8) is 0 Å². The molecule has 0 heterocycles. The highest BCUT2D eigenvalue weighted by Crippen LogP contribution is 2.61. The lowest BCUT2D eigenvalue weighted by Gasteiger charge is -2.49. The summed E-state index contributed by atoms with van der Waals surface area (Å²) in [5.74, 6) is 1.04. The number of carbonyl (C=O) groups is 1. The minimum atomic E-state index is -2.18. The molecule has 1 nitrogen and oxygen atoms in total. The Morgan fingerprint density at radius 1 is 0.871 bits per heavy atom. The molecule has 4 rings (SSSR count). The van der Waals surface area contributed by atoms with E-state index in [4.69, 9.17) is 0 Å². The standard InChI is InChI=1S/C29H40OSi/c1-23(30)29-20-14-6-5-9-15-24(29)21-27(22-29)31(28(2,3)4,25-16-10-7-11-17-25)26-18-12-8-13-19-26/h7-8,10-13,16-19,24,27H,5-6,9,14-15,20-22H2,1-4H3/t24-,27+,29+/m0/s1. The van der Waals surface area contributed by atoms with Crippen molar-refractivity contribution in [2.24, 2.45) is 11.3 Å². The summed E-state index contributed by atoms with van der Waals surface area (Å²) in [6.45, 7) is 9.32. The van der Waals surface area contributed by atoms with Crippen LogP contribution in [-0.2, 0) is 4.79 Å². The molecule has 0 saturated heterocycles. The summed E-state index contributed by atoms with van der Waals surface area (Å²) < 4.78 is 0. The minimum Gasteiger partial charge on any atom is -0.299 e. The van der Waals surface area contributed by atoms with Crippen LogP contribution in [0.2, 0.25) is 10.6 Å². The van der Waals surface area contributed by atoms with Gasteiger partial charge in [0.1, 0.15) is 13.9 Å². The van der Waals surface area contributed by atoms with Gasteiger partial charge in [-0.2, -0.15) is 0 Å². The Morgan fingerprint density at radius 3 is 1.94 bits per heavy atom. The molecular weight excluding hydrogens is 392 g/mol. The van der Waals surface area contributed by atoms with Crippen LogP contribution >= 0.6 is 0 Å². The normalized spacial score (nSPS) is 27.2. The summed E-state index contributed by atoms with van der Waals surface area (Å²) in [4.78, 5) is 13.3. The summed E-state index contributed by atoms with van der Waals surface area (Å²) in [5.41, 5.74) is 0.516. The molecule has 31 heavy (non-hydrogen) atoms. The molecule has 0 radical (unpaired) electrons. The molecule has 166 valence electrons. The van der Waals surface area contributed by atoms with Crippen LogP contribution in [0, 0.1) is 11.3 Å². The van der Waals surface area contributed by atoms with Crippen LogP contribution in [0.4, 0.5) is 0 Å². The van der Waals surface area contributed by atoms with Crippen molar-refractivity contribution in [2.75, 3.05) is 0 Å². The van der Waals surface area contributed by atoms with Gasteiger partial charge in [-0.3, -0.25) is 4.79 Å². The molecule has 0 amide bonds. The molecule has 3 atom stereocenters. The lowest BCUT2D eigenvalue weighted by molar-refractivity contribution is -0.129. The van der Waals surface area contributed by atoms with Gasteiger partial charge in [0.05, 0.1) is 0 Å². The fraction of sp³-hybridized carbons (Fsp3) is 0.552. The summed E-state index contributed by atoms with van der Waals surface area (Å²) in [6, 6.07) is 22.8. The Hall–Kier alpha value is -1.67. The fourth-order valence-corrected chi connectivity index (χ4v) is 14.6. The van der Waals surface area contributed by atoms with Crippen molar-refractivity contribution < 1.29 is 4.79 Å². The van der Waals surface area contributed by atoms with E-state index < -0.39 is 8.07 Å². The number of ketones is 1. The average Bonchev–Trinajstić information content (AvgIpc) is 3.08. The van der Waals surface area contributed by atoms with Gasteiger partial charge < -0.3 is 0 Å². The van der Waals surface area contributed by atoms with E-state index in [2.05, 4.69) is 81.4 Å². The molecule has 2 saturated carbocycles. The quantitative estimate of drug-likeness (QED) is 0.488. The van der Waals surface area contributed by atoms with Crippen molar-refractivity contribution in [2.45, 2.75) is 89.6 Å². The van der Waals surface area contributed by atoms with Gasteiger partial charge in [0, 0.05) is 5.41 Å². The maximum absolute atomic E-state index is 13.3. The first kappa shape index (κ1) is 22.5. The Morgan fingerprint density at radius 2 is 1.42 bits per heavy atom. The molecule has 2 aromatic carbocycles. The maximum atomic E-state index is 13.3. The van der Waals surface area contributed by atoms with Crippen molar-refractivity contribution in [1.29, 1.82) is 0 Å². The van der Waals surface area contributed by atoms with Crippen LogP contribution in [0.25, 0.3) is 0 Å². The van der Waals surface area contributed by atoms with Crippen LogP contribution < -0.4 is 10.4 Å². The highest BCUT2D eigenvalue weighted by molar-refractivity contribution is 7.05. The molecule has 2 aliphatic carbocycles. The van der Waals surface area contributed by atoms with Crippen molar-refractivity contribution in [3.8, 4) is 0 Å². The molecule has 0 aromatic heterocycles. The Bertz CT molecular complexity index is 842. The number of benzene rings is 2. The van der Waals surface area contributed by atoms with Crippen molar-refractivity contribution in [1.82, 2.24) is 0 Å². The molecule has 2 heteroatoms. The number of fused-ring (bicyclic) bond motifs is 1. The molecule has 2 fully saturated rings. The van der Waals surface area contributed by atoms with E-state index in [1.54, 1.807) is 10.4 Å². The number of rotatable bonds is 4. The topological polar surface area (TPSA) is 17.1 Å². The number of Topliss-reactive ketones (excluding diaryl/α,β-unsaturated/α-hetero) is 1. The van der Waals surface area contributed by atoms with E-state index in [0.717, 1.165) is 12.8 Å². The van der Waals surface area contributed by atoms with Crippen molar-refractivity contribution >= 4 is 24.2 Å². The Balaban J connectivity index is 1.91. The predicted octanol–water partition coefficient (Wildman–Crippen LogP) is 6.76. The molecule has 2 aliphatic rings. The summed E-state index contributed by atoms with van der Waals surface area (Å²) >= 11 is 0. The smallest absolute Gasteiger partial charge is 0.136 e. The minimum absolute atomic E-state index is 0.0852. The van der Waals surface area contributed by atoms with Crippen LogP contribution in [0.5, 0.6) is 0 Å². The van der Waals surface area contributed by atoms with Gasteiger partial charge in [-0.25, -0.2) is 0 Å². The van der Waals surface area contributed by atoms with Gasteiger partial charge in [-0.1, -0.05) is 117 Å². The summed E-state index contributed by atoms with van der Waals surface area (Å²) in [5, 5.41) is 3.26. The summed E-state index contributed by atoms with van der Waals surface area (Å²) in [6.07, 6.45) is 9.85. The third-order valence-corrected chi connectivity index (χ3v) is 15.4. The van der Waals surface area contributed by atoms with Crippen LogP contribution in [0.3, 0.4) is 0 Å². The van der Waals surface area contributed by atoms with E-state index >= 15 is 0 Å². The average molecular weight is 433 g/mol. The lowest BCUT2D eigenvalue weighted by atomic mass is 9.68. The van der Waals surface area contributed by atoms with E-state index in [-0.39, 0.29) is 10.5 Å². The Labute approximate surface area is 190 Å². The van der Waals surface area contributed by atoms with Crippen LogP contribution in [0.1, 0.15) is 79.1 Å². The zero-order valence-electron chi connectivity index (χ0n) is 20.0. The first-order valence-electron chi connectivity index (χ1n) is 12.4. The first-order valence-corrected chi connectivity index (χ1v) is 14.5. The molecule has 0 bridgehead atoms. The predicted molar refractivity (Wildman–Crippen MR) is 135 cm³/mol. The monoisotopic (exact) mass is 432 g/mol. The molecule has 0 unspecified atom stereocenters. The van der Waals surface area contributed by atoms with Crippen LogP contribution in [-0.4, -0.2) is 13.9 Å². The Kier molecular flexibility index (Phi) is 6.32. The van der Waals surface area contributed by atoms with E-state index in [0.29, 0.717) is 17.2 Å². The van der Waals surface area contributed by atoms with Crippen LogP contribution in [0.15, 0.2) is 60.7 Å². The highest BCUT2D eigenvalue weighted by Gasteiger charge is 2.60. The third-order valence-electron chi connectivity index (χ3n) is 8.84. The van der Waals surface area contributed by atoms with E-state index in [1.807, 2.05) is 6.92 Å². The number of hydrogen-bond acceptors (Lipinski definition) is 1. The SMILES string of the molecule is CC(=O)[C@]12CCCCCC[C@H]1C[C@@H]([Si](c1ccccc1)(c1ccccc1)C(C)(C)C)C2. The summed E-state index contributed by atoms with van der Waals surface area (Å²) in [7, 11) is -2.18. The van der Waals surface area contributed by atoms with Crippen molar-refractivity contribution in [3.05, 3.63) is 60.7 Å². The molecule has 2 aromatic rings. The van der Waals surface area contributed by atoms with E-state index in [1.165, 1.54) is 38.5 Å². The molecule has 0 N–H and O–H groups in total. The largest absolute Gasteiger partial charge is 0.299 e. The second-order valence-corrected chi connectivity index (χ2v) is 16.4. The fourth-order valence-electron chi connectivity index (χ4n) is 7.60. The number of carbonyl (C=O) groups excluding carboxylic acids is 1. The second kappa shape index (κ2) is 8.69. The zero-order chi connectivity index (χ0) is 22.1. The highest BCUT2D eigenvalue weighted by atomic mass is 28.3. The van der Waals surface area contributed by atoms with Gasteiger partial charge in [-0.05, 0) is 49.1 Å². The van der Waals surface area contributed by atoms with Gasteiger partial charge >= 0.3 is 0 Å². The second-order valence-electron chi connectivity index (χ2n) is 11.3. The van der Waals surface area contributed by atoms with Gasteiger partial charge in [0.15, 0.2) is 0 Å². The number of hydrogen-bond donors (Lipinski definition) is 0. The van der Waals surface area contributed by atoms with E-state index in [9.17, 15) is 4.79 Å². The third kappa shape index (κ3) is 3.75. The first-order chi connectivity index (χ1) is 14.8. The zero-order valence-corrected chi connectivity index (χ0v) is 21.0. The van der Waals surface area contributed by atoms with Gasteiger partial charge in [0.25, 0.3) is 0 Å². The maximum Gasteiger partial charge on any atom is 0.136 e. The van der Waals surface area contributed by atoms with Gasteiger partial charge in [0.2, 0.25) is 0 Å². The molecule has 0 spiro atoms. The molecule has 0 aliphatic heterocycles. The van der Waals surface area contributed by atoms with Gasteiger partial charge in [-0.15, -0.1) is 0 Å². The lowest BCUT2D eigenvalue weighted by Crippen LogP contribution is -2.67. The molecular formula is C29H40OSi.